The quantitative estimate of drug-likeness (QED) is 0.445. The molecule has 1 heterocycles. The van der Waals surface area contributed by atoms with Gasteiger partial charge < -0.3 is 4.74 Å². The molecule has 0 spiro atoms. The number of hydrogen-bond donors (Lipinski definition) is 0. The predicted molar refractivity (Wildman–Crippen MR) is 53.6 cm³/mol. The zero-order valence-electron chi connectivity index (χ0n) is 7.88. The largest absolute Gasteiger partial charge is 0.462 e. The van der Waals surface area contributed by atoms with Crippen LogP contribution < -0.4 is 4.57 Å². The fourth-order valence-corrected chi connectivity index (χ4v) is 1.39. The fourth-order valence-electron chi connectivity index (χ4n) is 0.926. The van der Waals surface area contributed by atoms with Gasteiger partial charge in [0.2, 0.25) is 0 Å². The molecule has 0 amide bonds. The molecule has 3 nitrogen and oxygen atoms in total. The summed E-state index contributed by atoms with van der Waals surface area (Å²) < 4.78 is 6.37. The number of rotatable bonds is 2. The lowest BCUT2D eigenvalue weighted by molar-refractivity contribution is -0.667. The maximum Gasteiger partial charge on any atom is 0.338 e. The first-order valence-corrected chi connectivity index (χ1v) is 4.84. The van der Waals surface area contributed by atoms with E-state index in [1.807, 2.05) is 0 Å². The van der Waals surface area contributed by atoms with E-state index in [4.69, 9.17) is 27.9 Å². The van der Waals surface area contributed by atoms with Gasteiger partial charge in [0.1, 0.15) is 7.05 Å². The maximum atomic E-state index is 11.3. The average molecular weight is 235 g/mol. The molecule has 76 valence electrons. The van der Waals surface area contributed by atoms with Crippen LogP contribution in [0.3, 0.4) is 0 Å². The van der Waals surface area contributed by atoms with E-state index < -0.39 is 5.97 Å². The van der Waals surface area contributed by atoms with Gasteiger partial charge in [0.15, 0.2) is 0 Å². The summed E-state index contributed by atoms with van der Waals surface area (Å²) in [4.78, 5) is 11.3. The molecule has 0 saturated carbocycles. The molecule has 0 aliphatic heterocycles. The third-order valence-corrected chi connectivity index (χ3v) is 2.43. The van der Waals surface area contributed by atoms with Crippen molar-refractivity contribution in [2.75, 3.05) is 6.61 Å². The molecule has 0 unspecified atom stereocenters. The Balaban J connectivity index is 3.06. The number of nitrogens with zero attached hydrogens (tertiary/aromatic N) is 1. The number of pyridine rings is 1. The van der Waals surface area contributed by atoms with Crippen molar-refractivity contribution < 1.29 is 14.1 Å². The fraction of sp³-hybridized carbons (Fsp3) is 0.333. The van der Waals surface area contributed by atoms with Crippen molar-refractivity contribution in [1.82, 2.24) is 0 Å². The summed E-state index contributed by atoms with van der Waals surface area (Å²) >= 11 is 11.7. The zero-order valence-corrected chi connectivity index (χ0v) is 9.39. The van der Waals surface area contributed by atoms with Gasteiger partial charge in [0.05, 0.1) is 12.2 Å². The van der Waals surface area contributed by atoms with E-state index in [1.54, 1.807) is 18.5 Å². The SMILES string of the molecule is CCOC(=O)c1cc(Cl)[n+](C)c(Cl)c1. The van der Waals surface area contributed by atoms with Crippen LogP contribution in [-0.2, 0) is 11.8 Å². The van der Waals surface area contributed by atoms with Gasteiger partial charge in [-0.15, -0.1) is 0 Å². The second kappa shape index (κ2) is 4.62. The highest BCUT2D eigenvalue weighted by molar-refractivity contribution is 6.31. The summed E-state index contributed by atoms with van der Waals surface area (Å²) in [5.41, 5.74) is 0.361. The normalized spacial score (nSPS) is 10.0. The molecular formula is C9H10Cl2NO2+. The van der Waals surface area contributed by atoms with Crippen LogP contribution in [0.15, 0.2) is 12.1 Å². The van der Waals surface area contributed by atoms with Gasteiger partial charge in [-0.2, -0.15) is 4.57 Å². The number of ether oxygens (including phenoxy) is 1. The molecule has 5 heteroatoms. The Bertz CT molecular complexity index is 343. The second-order valence-corrected chi connectivity index (χ2v) is 3.44. The molecule has 1 aromatic rings. The van der Waals surface area contributed by atoms with Crippen LogP contribution in [0.25, 0.3) is 0 Å². The summed E-state index contributed by atoms with van der Waals surface area (Å²) in [6.45, 7) is 2.07. The Morgan fingerprint density at radius 3 is 2.36 bits per heavy atom. The van der Waals surface area contributed by atoms with Crippen molar-refractivity contribution in [1.29, 1.82) is 0 Å². The Hall–Kier alpha value is -0.800. The van der Waals surface area contributed by atoms with Crippen LogP contribution in [0.4, 0.5) is 0 Å². The monoisotopic (exact) mass is 234 g/mol. The molecular weight excluding hydrogens is 225 g/mol. The van der Waals surface area contributed by atoms with E-state index >= 15 is 0 Å². The third-order valence-electron chi connectivity index (χ3n) is 1.70. The van der Waals surface area contributed by atoms with Crippen LogP contribution >= 0.6 is 23.2 Å². The molecule has 14 heavy (non-hydrogen) atoms. The van der Waals surface area contributed by atoms with Gasteiger partial charge in [0.25, 0.3) is 10.3 Å². The molecule has 0 atom stereocenters. The minimum atomic E-state index is -0.420. The molecule has 0 bridgehead atoms. The number of esters is 1. The first kappa shape index (κ1) is 11.3. The Labute approximate surface area is 92.2 Å². The molecule has 0 aliphatic carbocycles. The van der Waals surface area contributed by atoms with Gasteiger partial charge >= 0.3 is 5.97 Å². The van der Waals surface area contributed by atoms with Crippen LogP contribution in [0.1, 0.15) is 17.3 Å². The standard InChI is InChI=1S/C9H10Cl2NO2/c1-3-14-9(13)6-4-7(10)12(2)8(11)5-6/h4-5H,3H2,1-2H3/q+1. The summed E-state index contributed by atoms with van der Waals surface area (Å²) in [6, 6.07) is 3.04. The summed E-state index contributed by atoms with van der Waals surface area (Å²) in [5, 5.41) is 0.779. The van der Waals surface area contributed by atoms with Crippen molar-refractivity contribution in [2.45, 2.75) is 6.92 Å². The molecule has 0 radical (unpaired) electrons. The van der Waals surface area contributed by atoms with Gasteiger partial charge in [-0.3, -0.25) is 0 Å². The van der Waals surface area contributed by atoms with E-state index in [9.17, 15) is 4.79 Å². The Kier molecular flexibility index (Phi) is 3.72. The molecule has 0 N–H and O–H groups in total. The molecule has 1 rings (SSSR count). The lowest BCUT2D eigenvalue weighted by atomic mass is 10.3. The van der Waals surface area contributed by atoms with Crippen molar-refractivity contribution in [2.24, 2.45) is 7.05 Å². The van der Waals surface area contributed by atoms with E-state index in [-0.39, 0.29) is 0 Å². The maximum absolute atomic E-state index is 11.3. The number of aromatic nitrogens is 1. The molecule has 0 fully saturated rings. The topological polar surface area (TPSA) is 30.2 Å². The number of carbonyl (C=O) groups excluding carboxylic acids is 1. The molecule has 1 aromatic heterocycles. The highest BCUT2D eigenvalue weighted by Gasteiger charge is 2.16. The molecule has 0 saturated heterocycles. The Morgan fingerprint density at radius 2 is 1.93 bits per heavy atom. The highest BCUT2D eigenvalue weighted by Crippen LogP contribution is 2.13. The highest BCUT2D eigenvalue weighted by atomic mass is 35.5. The van der Waals surface area contributed by atoms with Gasteiger partial charge in [-0.05, 0) is 30.1 Å². The third kappa shape index (κ3) is 2.36. The van der Waals surface area contributed by atoms with Crippen LogP contribution in [0.5, 0.6) is 0 Å². The van der Waals surface area contributed by atoms with Crippen LogP contribution in [0.2, 0.25) is 10.3 Å². The van der Waals surface area contributed by atoms with Crippen molar-refractivity contribution >= 4 is 29.2 Å². The first-order chi connectivity index (χ1) is 6.56. The van der Waals surface area contributed by atoms with E-state index in [2.05, 4.69) is 0 Å². The minimum Gasteiger partial charge on any atom is -0.462 e. The predicted octanol–water partition coefficient (Wildman–Crippen LogP) is 1.99. The number of hydrogen-bond acceptors (Lipinski definition) is 2. The number of halogens is 2. The zero-order chi connectivity index (χ0) is 10.7. The van der Waals surface area contributed by atoms with E-state index in [1.165, 1.54) is 12.1 Å². The first-order valence-electron chi connectivity index (χ1n) is 4.08. The van der Waals surface area contributed by atoms with Gasteiger partial charge in [-0.1, -0.05) is 0 Å². The summed E-state index contributed by atoms with van der Waals surface area (Å²) in [5.74, 6) is -0.420. The lowest BCUT2D eigenvalue weighted by Gasteiger charge is -2.01. The smallest absolute Gasteiger partial charge is 0.338 e. The number of carbonyl (C=O) groups is 1. The van der Waals surface area contributed by atoms with Crippen molar-refractivity contribution in [3.05, 3.63) is 28.0 Å². The van der Waals surface area contributed by atoms with Crippen LogP contribution in [-0.4, -0.2) is 12.6 Å². The van der Waals surface area contributed by atoms with Crippen LogP contribution in [0, 0.1) is 0 Å². The lowest BCUT2D eigenvalue weighted by Crippen LogP contribution is -2.31. The van der Waals surface area contributed by atoms with Crippen molar-refractivity contribution in [3.63, 3.8) is 0 Å². The van der Waals surface area contributed by atoms with Gasteiger partial charge in [0, 0.05) is 12.1 Å². The Morgan fingerprint density at radius 1 is 1.43 bits per heavy atom. The molecule has 0 aliphatic rings. The van der Waals surface area contributed by atoms with E-state index in [0.717, 1.165) is 0 Å². The van der Waals surface area contributed by atoms with E-state index in [0.29, 0.717) is 22.5 Å². The average Bonchev–Trinajstić information content (AvgIpc) is 2.13. The van der Waals surface area contributed by atoms with Gasteiger partial charge in [-0.25, -0.2) is 4.79 Å². The summed E-state index contributed by atoms with van der Waals surface area (Å²) in [7, 11) is 1.71. The summed E-state index contributed by atoms with van der Waals surface area (Å²) in [6.07, 6.45) is 0. The minimum absolute atomic E-state index is 0.328. The second-order valence-electron chi connectivity index (χ2n) is 2.67. The molecule has 0 aromatic carbocycles. The van der Waals surface area contributed by atoms with Crippen molar-refractivity contribution in [3.8, 4) is 0 Å².